The molecular formula is C19H24BN3O2. The van der Waals surface area contributed by atoms with Gasteiger partial charge >= 0.3 is 6.09 Å². The van der Waals surface area contributed by atoms with E-state index >= 15 is 0 Å². The van der Waals surface area contributed by atoms with Crippen LogP contribution in [0.1, 0.15) is 11.5 Å². The highest BCUT2D eigenvalue weighted by atomic mass is 16.6. The van der Waals surface area contributed by atoms with Crippen molar-refractivity contribution in [2.75, 3.05) is 45.1 Å². The van der Waals surface area contributed by atoms with Crippen molar-refractivity contribution < 1.29 is 9.53 Å². The second-order valence-corrected chi connectivity index (χ2v) is 7.03. The predicted molar refractivity (Wildman–Crippen MR) is 104 cm³/mol. The summed E-state index contributed by atoms with van der Waals surface area (Å²) in [6, 6.07) is 10.2. The smallest absolute Gasteiger partial charge is 0.409 e. The number of nitrogens with zero attached hydrogens (tertiary/aromatic N) is 2. The number of carbonyl (C=O) groups is 1. The molecule has 25 heavy (non-hydrogen) atoms. The van der Waals surface area contributed by atoms with Crippen LogP contribution in [0.2, 0.25) is 6.32 Å². The fraction of sp³-hybridized carbons (Fsp3) is 0.421. The summed E-state index contributed by atoms with van der Waals surface area (Å²) in [6.07, 6.45) is 0.855. The van der Waals surface area contributed by atoms with E-state index in [-0.39, 0.29) is 6.09 Å². The molecule has 0 radical (unpaired) electrons. The number of piperazine rings is 1. The molecule has 2 aromatic rings. The minimum absolute atomic E-state index is 0.247. The standard InChI is InChI=1S/C19H24BN3O2/c1-22-6-8-23(9-7-22)19(24)25-17-10-16-18(13(11-20)12-21-16)15-5-3-2-4-14(15)17/h2-5,10,13,21H,6-9,11-12,20H2,1H3/t13-/m1/s1. The lowest BCUT2D eigenvalue weighted by Gasteiger charge is -2.31. The Morgan fingerprint density at radius 1 is 1.24 bits per heavy atom. The number of hydrogen-bond donors (Lipinski definition) is 1. The van der Waals surface area contributed by atoms with Gasteiger partial charge < -0.3 is 19.9 Å². The third-order valence-corrected chi connectivity index (χ3v) is 5.45. The Labute approximate surface area is 149 Å². The molecule has 4 rings (SSSR count). The summed E-state index contributed by atoms with van der Waals surface area (Å²) >= 11 is 0. The molecule has 1 atom stereocenters. The topological polar surface area (TPSA) is 44.8 Å². The van der Waals surface area contributed by atoms with Crippen LogP contribution in [-0.4, -0.2) is 63.5 Å². The molecule has 1 fully saturated rings. The summed E-state index contributed by atoms with van der Waals surface area (Å²) in [5.74, 6) is 1.17. The molecular weight excluding hydrogens is 313 g/mol. The Morgan fingerprint density at radius 3 is 2.68 bits per heavy atom. The van der Waals surface area contributed by atoms with Crippen LogP contribution >= 0.6 is 0 Å². The fourth-order valence-corrected chi connectivity index (χ4v) is 3.87. The van der Waals surface area contributed by atoms with Gasteiger partial charge in [0.05, 0.1) is 0 Å². The molecule has 0 aliphatic carbocycles. The molecule has 2 heterocycles. The zero-order valence-corrected chi connectivity index (χ0v) is 14.9. The van der Waals surface area contributed by atoms with Gasteiger partial charge in [0.25, 0.3) is 0 Å². The highest BCUT2D eigenvalue weighted by molar-refractivity contribution is 6.10. The summed E-state index contributed by atoms with van der Waals surface area (Å²) in [7, 11) is 4.30. The first-order chi connectivity index (χ1) is 12.2. The fourth-order valence-electron chi connectivity index (χ4n) is 3.87. The molecule has 2 aromatic carbocycles. The second kappa shape index (κ2) is 6.60. The SMILES string of the molecule is BC[C@@H]1CNc2cc(OC(=O)N3CCN(C)CC3)c3ccccc3c21. The number of anilines is 1. The number of carbonyl (C=O) groups excluding carboxylic acids is 1. The number of hydrogen-bond acceptors (Lipinski definition) is 4. The third kappa shape index (κ3) is 2.95. The van der Waals surface area contributed by atoms with Gasteiger partial charge in [-0.25, -0.2) is 4.79 Å². The van der Waals surface area contributed by atoms with E-state index in [1.807, 2.05) is 18.2 Å². The first-order valence-electron chi connectivity index (χ1n) is 9.12. The van der Waals surface area contributed by atoms with Crippen molar-refractivity contribution in [1.29, 1.82) is 0 Å². The Balaban J connectivity index is 1.67. The van der Waals surface area contributed by atoms with Crippen molar-refractivity contribution in [3.05, 3.63) is 35.9 Å². The Bertz CT molecular complexity index is 803. The molecule has 2 aliphatic rings. The number of fused-ring (bicyclic) bond motifs is 3. The van der Waals surface area contributed by atoms with E-state index in [0.717, 1.165) is 37.0 Å². The summed E-state index contributed by atoms with van der Waals surface area (Å²) < 4.78 is 5.83. The lowest BCUT2D eigenvalue weighted by atomic mass is 9.85. The van der Waals surface area contributed by atoms with E-state index < -0.39 is 0 Å². The van der Waals surface area contributed by atoms with Crippen LogP contribution < -0.4 is 10.1 Å². The van der Waals surface area contributed by atoms with Gasteiger partial charge in [0.2, 0.25) is 0 Å². The van der Waals surface area contributed by atoms with Crippen LogP contribution in [0.4, 0.5) is 10.5 Å². The number of benzene rings is 2. The minimum atomic E-state index is -0.247. The minimum Gasteiger partial charge on any atom is -0.409 e. The van der Waals surface area contributed by atoms with Crippen LogP contribution in [0.15, 0.2) is 30.3 Å². The quantitative estimate of drug-likeness (QED) is 0.853. The summed E-state index contributed by atoms with van der Waals surface area (Å²) in [5.41, 5.74) is 2.46. The lowest BCUT2D eigenvalue weighted by Crippen LogP contribution is -2.48. The van der Waals surface area contributed by atoms with Crippen molar-refractivity contribution in [3.8, 4) is 5.75 Å². The van der Waals surface area contributed by atoms with Crippen molar-refractivity contribution in [1.82, 2.24) is 9.80 Å². The average molecular weight is 337 g/mol. The molecule has 0 unspecified atom stereocenters. The molecule has 130 valence electrons. The number of nitrogens with one attached hydrogen (secondary N) is 1. The van der Waals surface area contributed by atoms with Gasteiger partial charge in [0.1, 0.15) is 13.6 Å². The Morgan fingerprint density at radius 2 is 1.96 bits per heavy atom. The van der Waals surface area contributed by atoms with Gasteiger partial charge in [-0.3, -0.25) is 0 Å². The molecule has 0 bridgehead atoms. The maximum Gasteiger partial charge on any atom is 0.415 e. The first-order valence-corrected chi connectivity index (χ1v) is 9.12. The molecule has 0 aromatic heterocycles. The maximum absolute atomic E-state index is 12.6. The van der Waals surface area contributed by atoms with E-state index in [0.29, 0.717) is 24.8 Å². The number of ether oxygens (including phenoxy) is 1. The molecule has 1 N–H and O–H groups in total. The highest BCUT2D eigenvalue weighted by Gasteiger charge is 2.27. The van der Waals surface area contributed by atoms with Crippen LogP contribution in [0, 0.1) is 0 Å². The Hall–Kier alpha value is -2.21. The van der Waals surface area contributed by atoms with Crippen molar-refractivity contribution in [3.63, 3.8) is 0 Å². The summed E-state index contributed by atoms with van der Waals surface area (Å²) in [4.78, 5) is 16.6. The first kappa shape index (κ1) is 16.3. The molecule has 0 spiro atoms. The zero-order chi connectivity index (χ0) is 17.4. The number of amides is 1. The molecule has 5 nitrogen and oxygen atoms in total. The van der Waals surface area contributed by atoms with Crippen LogP contribution in [0.5, 0.6) is 5.75 Å². The van der Waals surface area contributed by atoms with E-state index in [2.05, 4.69) is 37.2 Å². The van der Waals surface area contributed by atoms with Crippen LogP contribution in [0.3, 0.4) is 0 Å². The van der Waals surface area contributed by atoms with E-state index in [4.69, 9.17) is 4.74 Å². The van der Waals surface area contributed by atoms with E-state index in [1.54, 1.807) is 4.90 Å². The lowest BCUT2D eigenvalue weighted by molar-refractivity contribution is 0.121. The number of likely N-dealkylation sites (N-methyl/N-ethyl adjacent to an activating group) is 1. The van der Waals surface area contributed by atoms with Crippen LogP contribution in [-0.2, 0) is 0 Å². The second-order valence-electron chi connectivity index (χ2n) is 7.03. The van der Waals surface area contributed by atoms with E-state index in [9.17, 15) is 4.79 Å². The van der Waals surface area contributed by atoms with Gasteiger partial charge in [-0.1, -0.05) is 30.6 Å². The third-order valence-electron chi connectivity index (χ3n) is 5.45. The summed E-state index contributed by atoms with van der Waals surface area (Å²) in [6.45, 7) is 4.16. The zero-order valence-electron chi connectivity index (χ0n) is 14.9. The van der Waals surface area contributed by atoms with E-state index in [1.165, 1.54) is 10.9 Å². The van der Waals surface area contributed by atoms with Crippen molar-refractivity contribution in [2.24, 2.45) is 0 Å². The predicted octanol–water partition coefficient (Wildman–Crippen LogP) is 2.15. The van der Waals surface area contributed by atoms with Crippen LogP contribution in [0.25, 0.3) is 10.8 Å². The number of rotatable bonds is 2. The van der Waals surface area contributed by atoms with Gasteiger partial charge in [0.15, 0.2) is 0 Å². The maximum atomic E-state index is 12.6. The Kier molecular flexibility index (Phi) is 4.29. The molecule has 0 saturated carbocycles. The van der Waals surface area contributed by atoms with Gasteiger partial charge in [-0.15, -0.1) is 0 Å². The molecule has 1 saturated heterocycles. The van der Waals surface area contributed by atoms with Crippen molar-refractivity contribution in [2.45, 2.75) is 12.2 Å². The van der Waals surface area contributed by atoms with Gasteiger partial charge in [-0.2, -0.15) is 0 Å². The molecule has 2 aliphatic heterocycles. The normalized spacial score (nSPS) is 20.4. The summed E-state index contributed by atoms with van der Waals surface area (Å²) in [5, 5.41) is 5.69. The van der Waals surface area contributed by atoms with Gasteiger partial charge in [0, 0.05) is 49.9 Å². The largest absolute Gasteiger partial charge is 0.415 e. The monoisotopic (exact) mass is 337 g/mol. The highest BCUT2D eigenvalue weighted by Crippen LogP contribution is 2.43. The van der Waals surface area contributed by atoms with Gasteiger partial charge in [-0.05, 0) is 23.9 Å². The average Bonchev–Trinajstić information content (AvgIpc) is 3.05. The van der Waals surface area contributed by atoms with Crippen molar-refractivity contribution >= 4 is 30.4 Å². The molecule has 6 heteroatoms. The molecule has 1 amide bonds.